The smallest absolute Gasteiger partial charge is 0.252 e. The maximum absolute atomic E-state index is 12.5. The second-order valence-corrected chi connectivity index (χ2v) is 8.64. The van der Waals surface area contributed by atoms with Crippen LogP contribution in [0.5, 0.6) is 0 Å². The fourth-order valence-electron chi connectivity index (χ4n) is 2.42. The molecule has 4 heteroatoms. The minimum Gasteiger partial charge on any atom is -0.392 e. The maximum Gasteiger partial charge on any atom is 0.252 e. The second kappa shape index (κ2) is 8.02. The van der Waals surface area contributed by atoms with Crippen LogP contribution in [0.25, 0.3) is 0 Å². The molecule has 0 aliphatic heterocycles. The van der Waals surface area contributed by atoms with Crippen molar-refractivity contribution in [1.82, 2.24) is 5.32 Å². The Labute approximate surface area is 138 Å². The Kier molecular flexibility index (Phi) is 6.95. The number of carbonyl (C=O) groups is 1. The topological polar surface area (TPSA) is 49.3 Å². The standard InChI is InChI=1S/C18H29NO2S/c1-12(2)16(20)18(5,6)11-19-17(21)14-9-7-8-10-15(14)22-13(3)4/h7-10,12-13,16,20H,11H2,1-6H3,(H,19,21). The van der Waals surface area contributed by atoms with Gasteiger partial charge in [-0.25, -0.2) is 0 Å². The van der Waals surface area contributed by atoms with Crippen LogP contribution in [-0.4, -0.2) is 28.9 Å². The number of amides is 1. The molecule has 0 bridgehead atoms. The summed E-state index contributed by atoms with van der Waals surface area (Å²) in [5.41, 5.74) is 0.347. The molecule has 1 atom stereocenters. The van der Waals surface area contributed by atoms with Gasteiger partial charge in [-0.15, -0.1) is 11.8 Å². The Hall–Kier alpha value is -1.00. The molecule has 124 valence electrons. The Morgan fingerprint density at radius 2 is 1.82 bits per heavy atom. The van der Waals surface area contributed by atoms with Gasteiger partial charge >= 0.3 is 0 Å². The van der Waals surface area contributed by atoms with Crippen LogP contribution in [-0.2, 0) is 0 Å². The summed E-state index contributed by atoms with van der Waals surface area (Å²) in [5, 5.41) is 13.7. The lowest BCUT2D eigenvalue weighted by Crippen LogP contribution is -2.43. The third-order valence-electron chi connectivity index (χ3n) is 3.63. The molecule has 0 heterocycles. The van der Waals surface area contributed by atoms with Crippen LogP contribution in [0.1, 0.15) is 51.9 Å². The molecule has 3 nitrogen and oxygen atoms in total. The predicted octanol–water partition coefficient (Wildman–Crippen LogP) is 3.96. The molecular formula is C18H29NO2S. The van der Waals surface area contributed by atoms with Gasteiger partial charge in [0.15, 0.2) is 0 Å². The van der Waals surface area contributed by atoms with E-state index in [1.807, 2.05) is 52.0 Å². The number of rotatable bonds is 7. The zero-order valence-corrected chi connectivity index (χ0v) is 15.3. The van der Waals surface area contributed by atoms with Crippen molar-refractivity contribution < 1.29 is 9.90 Å². The third kappa shape index (κ3) is 5.33. The monoisotopic (exact) mass is 323 g/mol. The van der Waals surface area contributed by atoms with Gasteiger partial charge < -0.3 is 10.4 Å². The fraction of sp³-hybridized carbons (Fsp3) is 0.611. The zero-order valence-electron chi connectivity index (χ0n) is 14.5. The van der Waals surface area contributed by atoms with Crippen LogP contribution in [0.15, 0.2) is 29.2 Å². The summed E-state index contributed by atoms with van der Waals surface area (Å²) in [7, 11) is 0. The summed E-state index contributed by atoms with van der Waals surface area (Å²) < 4.78 is 0. The molecule has 0 saturated carbocycles. The van der Waals surface area contributed by atoms with E-state index in [9.17, 15) is 9.90 Å². The van der Waals surface area contributed by atoms with Crippen LogP contribution in [0.4, 0.5) is 0 Å². The highest BCUT2D eigenvalue weighted by atomic mass is 32.2. The Morgan fingerprint density at radius 1 is 1.23 bits per heavy atom. The molecule has 0 fully saturated rings. The van der Waals surface area contributed by atoms with Crippen molar-refractivity contribution in [2.75, 3.05) is 6.54 Å². The first-order chi connectivity index (χ1) is 10.1. The van der Waals surface area contributed by atoms with Gasteiger partial charge in [-0.1, -0.05) is 53.7 Å². The summed E-state index contributed by atoms with van der Waals surface area (Å²) in [4.78, 5) is 13.5. The summed E-state index contributed by atoms with van der Waals surface area (Å²) in [6, 6.07) is 7.67. The fourth-order valence-corrected chi connectivity index (χ4v) is 3.37. The molecule has 22 heavy (non-hydrogen) atoms. The SMILES string of the molecule is CC(C)Sc1ccccc1C(=O)NCC(C)(C)C(O)C(C)C. The van der Waals surface area contributed by atoms with Crippen LogP contribution in [0.3, 0.4) is 0 Å². The van der Waals surface area contributed by atoms with Gasteiger partial charge in [0.25, 0.3) is 5.91 Å². The number of thioether (sulfide) groups is 1. The van der Waals surface area contributed by atoms with Crippen LogP contribution in [0.2, 0.25) is 0 Å². The summed E-state index contributed by atoms with van der Waals surface area (Å²) >= 11 is 1.69. The van der Waals surface area contributed by atoms with Crippen molar-refractivity contribution in [3.05, 3.63) is 29.8 Å². The average molecular weight is 324 g/mol. The van der Waals surface area contributed by atoms with Gasteiger partial charge in [0.05, 0.1) is 11.7 Å². The summed E-state index contributed by atoms with van der Waals surface area (Å²) in [5.74, 6) is 0.0865. The molecule has 1 aromatic rings. The quantitative estimate of drug-likeness (QED) is 0.747. The van der Waals surface area contributed by atoms with E-state index < -0.39 is 6.10 Å². The molecule has 1 aromatic carbocycles. The first-order valence-corrected chi connectivity index (χ1v) is 8.75. The van der Waals surface area contributed by atoms with Gasteiger partial charge in [-0.05, 0) is 18.1 Å². The number of aliphatic hydroxyl groups excluding tert-OH is 1. The third-order valence-corrected chi connectivity index (χ3v) is 4.71. The highest BCUT2D eigenvalue weighted by Crippen LogP contribution is 2.28. The second-order valence-electron chi connectivity index (χ2n) is 7.02. The Bertz CT molecular complexity index is 498. The molecule has 0 radical (unpaired) electrons. The zero-order chi connectivity index (χ0) is 16.9. The van der Waals surface area contributed by atoms with E-state index in [0.717, 1.165) is 4.90 Å². The van der Waals surface area contributed by atoms with E-state index in [0.29, 0.717) is 17.4 Å². The molecule has 2 N–H and O–H groups in total. The number of benzene rings is 1. The summed E-state index contributed by atoms with van der Waals surface area (Å²) in [6.07, 6.45) is -0.451. The van der Waals surface area contributed by atoms with E-state index in [1.165, 1.54) is 0 Å². The molecule has 0 saturated heterocycles. The van der Waals surface area contributed by atoms with Gasteiger partial charge in [0, 0.05) is 22.1 Å². The van der Waals surface area contributed by atoms with Crippen molar-refractivity contribution in [1.29, 1.82) is 0 Å². The van der Waals surface area contributed by atoms with E-state index in [1.54, 1.807) is 11.8 Å². The minimum atomic E-state index is -0.451. The number of aliphatic hydroxyl groups is 1. The predicted molar refractivity (Wildman–Crippen MR) is 94.4 cm³/mol. The van der Waals surface area contributed by atoms with E-state index in [4.69, 9.17) is 0 Å². The Morgan fingerprint density at radius 3 is 2.36 bits per heavy atom. The molecule has 0 spiro atoms. The maximum atomic E-state index is 12.5. The van der Waals surface area contributed by atoms with Gasteiger partial charge in [-0.3, -0.25) is 4.79 Å². The molecule has 1 unspecified atom stereocenters. The number of hydrogen-bond donors (Lipinski definition) is 2. The van der Waals surface area contributed by atoms with E-state index >= 15 is 0 Å². The first kappa shape index (κ1) is 19.0. The van der Waals surface area contributed by atoms with Crippen LogP contribution in [0, 0.1) is 11.3 Å². The largest absolute Gasteiger partial charge is 0.392 e. The lowest BCUT2D eigenvalue weighted by Gasteiger charge is -2.33. The van der Waals surface area contributed by atoms with Crippen molar-refractivity contribution >= 4 is 17.7 Å². The van der Waals surface area contributed by atoms with Gasteiger partial charge in [0.2, 0.25) is 0 Å². The number of carbonyl (C=O) groups excluding carboxylic acids is 1. The van der Waals surface area contributed by atoms with Crippen molar-refractivity contribution in [3.8, 4) is 0 Å². The van der Waals surface area contributed by atoms with Gasteiger partial charge in [-0.2, -0.15) is 0 Å². The number of nitrogens with one attached hydrogen (secondary N) is 1. The first-order valence-electron chi connectivity index (χ1n) is 7.87. The Balaban J connectivity index is 2.78. The van der Waals surface area contributed by atoms with E-state index in [-0.39, 0.29) is 17.2 Å². The normalized spacial score (nSPS) is 13.5. The molecular weight excluding hydrogens is 294 g/mol. The van der Waals surface area contributed by atoms with Crippen LogP contribution < -0.4 is 5.32 Å². The summed E-state index contributed by atoms with van der Waals surface area (Å²) in [6.45, 7) is 12.6. The lowest BCUT2D eigenvalue weighted by atomic mass is 9.80. The minimum absolute atomic E-state index is 0.0761. The van der Waals surface area contributed by atoms with Crippen LogP contribution >= 0.6 is 11.8 Å². The molecule has 1 rings (SSSR count). The molecule has 0 aliphatic carbocycles. The number of hydrogen-bond acceptors (Lipinski definition) is 3. The highest BCUT2D eigenvalue weighted by molar-refractivity contribution is 8.00. The van der Waals surface area contributed by atoms with Crippen molar-refractivity contribution in [2.24, 2.45) is 11.3 Å². The van der Waals surface area contributed by atoms with Gasteiger partial charge in [0.1, 0.15) is 0 Å². The molecule has 0 aliphatic rings. The molecule has 0 aromatic heterocycles. The lowest BCUT2D eigenvalue weighted by molar-refractivity contribution is 0.0138. The average Bonchev–Trinajstić information content (AvgIpc) is 2.43. The highest BCUT2D eigenvalue weighted by Gasteiger charge is 2.30. The van der Waals surface area contributed by atoms with Crippen molar-refractivity contribution in [3.63, 3.8) is 0 Å². The van der Waals surface area contributed by atoms with E-state index in [2.05, 4.69) is 19.2 Å². The van der Waals surface area contributed by atoms with Crippen molar-refractivity contribution in [2.45, 2.75) is 57.8 Å². The molecule has 1 amide bonds.